The molecular formula is C23H24F2O5. The summed E-state index contributed by atoms with van der Waals surface area (Å²) in [5.74, 6) is 0.489. The Morgan fingerprint density at radius 3 is 2.50 bits per heavy atom. The number of aliphatic carboxylic acids is 1. The van der Waals surface area contributed by atoms with Gasteiger partial charge in [-0.25, -0.2) is 0 Å². The Morgan fingerprint density at radius 1 is 1.10 bits per heavy atom. The number of halogens is 2. The third-order valence-corrected chi connectivity index (χ3v) is 5.17. The number of furan rings is 1. The number of carboxylic acids is 1. The lowest BCUT2D eigenvalue weighted by molar-refractivity contribution is -0.136. The summed E-state index contributed by atoms with van der Waals surface area (Å²) in [7, 11) is 0. The van der Waals surface area contributed by atoms with Crippen molar-refractivity contribution in [3.05, 3.63) is 58.3 Å². The Balaban J connectivity index is 1.92. The number of carbonyl (C=O) groups is 1. The van der Waals surface area contributed by atoms with Gasteiger partial charge in [0.1, 0.15) is 28.9 Å². The van der Waals surface area contributed by atoms with E-state index in [1.165, 1.54) is 12.1 Å². The van der Waals surface area contributed by atoms with Crippen molar-refractivity contribution < 1.29 is 32.6 Å². The highest BCUT2D eigenvalue weighted by molar-refractivity contribution is 5.83. The van der Waals surface area contributed by atoms with Crippen LogP contribution in [0.1, 0.15) is 47.5 Å². The van der Waals surface area contributed by atoms with Crippen molar-refractivity contribution in [2.45, 2.75) is 53.3 Å². The molecule has 0 spiro atoms. The number of fused-ring (bicyclic) bond motifs is 1. The van der Waals surface area contributed by atoms with Crippen molar-refractivity contribution in [1.82, 2.24) is 0 Å². The zero-order chi connectivity index (χ0) is 22.0. The van der Waals surface area contributed by atoms with E-state index >= 15 is 0 Å². The zero-order valence-corrected chi connectivity index (χ0v) is 17.3. The van der Waals surface area contributed by atoms with E-state index in [9.17, 15) is 13.6 Å². The van der Waals surface area contributed by atoms with Gasteiger partial charge >= 0.3 is 12.6 Å². The largest absolute Gasteiger partial charge is 0.486 e. The van der Waals surface area contributed by atoms with E-state index in [2.05, 4.69) is 4.74 Å². The van der Waals surface area contributed by atoms with Crippen molar-refractivity contribution in [2.24, 2.45) is 0 Å². The van der Waals surface area contributed by atoms with E-state index in [1.54, 1.807) is 19.1 Å². The van der Waals surface area contributed by atoms with Crippen LogP contribution in [-0.2, 0) is 11.2 Å². The molecule has 0 fully saturated rings. The van der Waals surface area contributed by atoms with Crippen LogP contribution in [0.5, 0.6) is 11.5 Å². The van der Waals surface area contributed by atoms with Gasteiger partial charge in [0.05, 0.1) is 0 Å². The SMILES string of the molecule is Cc1cc2cc(OC(F)F)cc(C(C)Oc3ccc(CCC(=O)O)c(C)c3C)c2o1. The monoisotopic (exact) mass is 418 g/mol. The van der Waals surface area contributed by atoms with Crippen LogP contribution in [0.4, 0.5) is 8.78 Å². The second-order valence-electron chi connectivity index (χ2n) is 7.29. The minimum Gasteiger partial charge on any atom is -0.486 e. The number of rotatable bonds is 8. The number of alkyl halides is 2. The van der Waals surface area contributed by atoms with Gasteiger partial charge in [-0.05, 0) is 75.1 Å². The molecule has 0 aliphatic rings. The van der Waals surface area contributed by atoms with Crippen LogP contribution < -0.4 is 9.47 Å². The van der Waals surface area contributed by atoms with Crippen molar-refractivity contribution in [3.63, 3.8) is 0 Å². The fraction of sp³-hybridized carbons (Fsp3) is 0.348. The summed E-state index contributed by atoms with van der Waals surface area (Å²) < 4.78 is 42.0. The third kappa shape index (κ3) is 4.72. The van der Waals surface area contributed by atoms with Gasteiger partial charge in [-0.15, -0.1) is 0 Å². The Hall–Kier alpha value is -3.09. The first-order valence-corrected chi connectivity index (χ1v) is 9.62. The standard InChI is InChI=1S/C23H24F2O5/c1-12-9-17-10-18(30-23(24)25)11-19(22(17)28-12)15(4)29-20-7-5-16(6-8-21(26)27)13(2)14(20)3/h5,7,9-11,15,23H,6,8H2,1-4H3,(H,26,27). The average molecular weight is 418 g/mol. The number of benzene rings is 2. The molecule has 0 bridgehead atoms. The number of aryl methyl sites for hydroxylation is 2. The summed E-state index contributed by atoms with van der Waals surface area (Å²) in [5.41, 5.74) is 3.98. The molecular weight excluding hydrogens is 394 g/mol. The summed E-state index contributed by atoms with van der Waals surface area (Å²) in [4.78, 5) is 10.9. The van der Waals surface area contributed by atoms with E-state index in [0.29, 0.717) is 34.5 Å². The van der Waals surface area contributed by atoms with Gasteiger partial charge < -0.3 is 19.0 Å². The molecule has 0 radical (unpaired) electrons. The van der Waals surface area contributed by atoms with Crippen LogP contribution in [0.15, 0.2) is 34.7 Å². The molecule has 1 atom stereocenters. The lowest BCUT2D eigenvalue weighted by Gasteiger charge is -2.20. The second-order valence-corrected chi connectivity index (χ2v) is 7.29. The molecule has 7 heteroatoms. The van der Waals surface area contributed by atoms with Gasteiger partial charge in [-0.3, -0.25) is 4.79 Å². The maximum absolute atomic E-state index is 12.7. The maximum atomic E-state index is 12.7. The molecule has 160 valence electrons. The highest BCUT2D eigenvalue weighted by Gasteiger charge is 2.19. The normalized spacial score (nSPS) is 12.4. The Bertz CT molecular complexity index is 1070. The Morgan fingerprint density at radius 2 is 1.83 bits per heavy atom. The predicted octanol–water partition coefficient (Wildman–Crippen LogP) is 6.12. The predicted molar refractivity (Wildman–Crippen MR) is 108 cm³/mol. The molecule has 5 nitrogen and oxygen atoms in total. The van der Waals surface area contributed by atoms with Crippen LogP contribution in [-0.4, -0.2) is 17.7 Å². The van der Waals surface area contributed by atoms with E-state index < -0.39 is 18.7 Å². The summed E-state index contributed by atoms with van der Waals surface area (Å²) >= 11 is 0. The molecule has 30 heavy (non-hydrogen) atoms. The van der Waals surface area contributed by atoms with Crippen LogP contribution in [0.3, 0.4) is 0 Å². The maximum Gasteiger partial charge on any atom is 0.387 e. The summed E-state index contributed by atoms with van der Waals surface area (Å²) in [5, 5.41) is 9.57. The highest BCUT2D eigenvalue weighted by atomic mass is 19.3. The smallest absolute Gasteiger partial charge is 0.387 e. The van der Waals surface area contributed by atoms with Crippen LogP contribution in [0.2, 0.25) is 0 Å². The number of hydrogen-bond acceptors (Lipinski definition) is 4. The van der Waals surface area contributed by atoms with Crippen molar-refractivity contribution in [3.8, 4) is 11.5 Å². The lowest BCUT2D eigenvalue weighted by Crippen LogP contribution is -2.08. The van der Waals surface area contributed by atoms with Crippen LogP contribution in [0, 0.1) is 20.8 Å². The summed E-state index contributed by atoms with van der Waals surface area (Å²) in [6, 6.07) is 8.44. The molecule has 1 heterocycles. The highest BCUT2D eigenvalue weighted by Crippen LogP contribution is 2.36. The molecule has 3 aromatic rings. The molecule has 1 aromatic heterocycles. The van der Waals surface area contributed by atoms with Crippen molar-refractivity contribution in [2.75, 3.05) is 0 Å². The first-order chi connectivity index (χ1) is 14.2. The van der Waals surface area contributed by atoms with Crippen LogP contribution >= 0.6 is 0 Å². The van der Waals surface area contributed by atoms with E-state index in [4.69, 9.17) is 14.3 Å². The molecule has 0 saturated carbocycles. The van der Waals surface area contributed by atoms with Gasteiger partial charge in [0.25, 0.3) is 0 Å². The number of hydrogen-bond donors (Lipinski definition) is 1. The van der Waals surface area contributed by atoms with E-state index in [-0.39, 0.29) is 12.2 Å². The van der Waals surface area contributed by atoms with Gasteiger partial charge in [-0.1, -0.05) is 6.07 Å². The van der Waals surface area contributed by atoms with Gasteiger partial charge in [0, 0.05) is 17.4 Å². The minimum atomic E-state index is -2.93. The summed E-state index contributed by atoms with van der Waals surface area (Å²) in [6.45, 7) is 4.50. The number of ether oxygens (including phenoxy) is 2. The van der Waals surface area contributed by atoms with Crippen molar-refractivity contribution >= 4 is 16.9 Å². The third-order valence-electron chi connectivity index (χ3n) is 5.17. The van der Waals surface area contributed by atoms with E-state index in [0.717, 1.165) is 16.7 Å². The van der Waals surface area contributed by atoms with Gasteiger partial charge in [0.2, 0.25) is 0 Å². The first-order valence-electron chi connectivity index (χ1n) is 9.62. The van der Waals surface area contributed by atoms with Crippen molar-refractivity contribution in [1.29, 1.82) is 0 Å². The molecule has 0 amide bonds. The Labute approximate surface area is 173 Å². The Kier molecular flexibility index (Phi) is 6.29. The zero-order valence-electron chi connectivity index (χ0n) is 17.3. The average Bonchev–Trinajstić information content (AvgIpc) is 3.03. The van der Waals surface area contributed by atoms with Gasteiger partial charge in [-0.2, -0.15) is 8.78 Å². The number of carboxylic acid groups (broad SMARTS) is 1. The van der Waals surface area contributed by atoms with Gasteiger partial charge in [0.15, 0.2) is 0 Å². The molecule has 0 aliphatic heterocycles. The minimum absolute atomic E-state index is 0.0423. The molecule has 1 N–H and O–H groups in total. The van der Waals surface area contributed by atoms with Crippen LogP contribution in [0.25, 0.3) is 11.0 Å². The molecule has 1 unspecified atom stereocenters. The second kappa shape index (κ2) is 8.73. The summed E-state index contributed by atoms with van der Waals surface area (Å²) in [6.07, 6.45) is 0.00286. The fourth-order valence-corrected chi connectivity index (χ4v) is 3.50. The first kappa shape index (κ1) is 21.6. The molecule has 3 rings (SSSR count). The van der Waals surface area contributed by atoms with E-state index in [1.807, 2.05) is 26.8 Å². The fourth-order valence-electron chi connectivity index (χ4n) is 3.50. The topological polar surface area (TPSA) is 68.9 Å². The quantitative estimate of drug-likeness (QED) is 0.477. The molecule has 2 aromatic carbocycles. The molecule has 0 saturated heterocycles. The molecule has 0 aliphatic carbocycles. The lowest BCUT2D eigenvalue weighted by atomic mass is 9.98.